The molecule has 0 spiro atoms. The van der Waals surface area contributed by atoms with Crippen LogP contribution in [0.5, 0.6) is 0 Å². The van der Waals surface area contributed by atoms with Crippen molar-refractivity contribution in [3.63, 3.8) is 0 Å². The number of hydrogen-bond donors (Lipinski definition) is 0. The molecule has 0 aromatic heterocycles. The van der Waals surface area contributed by atoms with Crippen LogP contribution in [0.3, 0.4) is 0 Å². The highest BCUT2D eigenvalue weighted by molar-refractivity contribution is 6.08. The van der Waals surface area contributed by atoms with Crippen LogP contribution < -0.4 is 0 Å². The molecule has 52 valence electrons. The van der Waals surface area contributed by atoms with E-state index in [4.69, 9.17) is 7.85 Å². The van der Waals surface area contributed by atoms with Crippen LogP contribution in [0.1, 0.15) is 33.6 Å². The first-order valence-corrected chi connectivity index (χ1v) is 3.88. The van der Waals surface area contributed by atoms with E-state index in [0.29, 0.717) is 0 Å². The van der Waals surface area contributed by atoms with Gasteiger partial charge in [0.05, 0.1) is 7.85 Å². The summed E-state index contributed by atoms with van der Waals surface area (Å²) in [6, 6.07) is 0. The van der Waals surface area contributed by atoms with E-state index in [1.165, 1.54) is 12.8 Å². The second kappa shape index (κ2) is 4.90. The normalized spacial score (nSPS) is 14.2. The molecule has 0 bridgehead atoms. The fraction of sp³-hybridized carbons (Fsp3) is 1.00. The van der Waals surface area contributed by atoms with Gasteiger partial charge in [0.2, 0.25) is 0 Å². The first-order chi connectivity index (χ1) is 4.18. The van der Waals surface area contributed by atoms with Gasteiger partial charge in [-0.05, 0) is 11.8 Å². The molecule has 1 unspecified atom stereocenters. The molecule has 0 amide bonds. The summed E-state index contributed by atoms with van der Waals surface area (Å²) in [4.78, 5) is 0. The van der Waals surface area contributed by atoms with Gasteiger partial charge < -0.3 is 0 Å². The Hall–Kier alpha value is 0.0649. The van der Waals surface area contributed by atoms with Crippen LogP contribution in [0.4, 0.5) is 0 Å². The van der Waals surface area contributed by atoms with Gasteiger partial charge >= 0.3 is 0 Å². The van der Waals surface area contributed by atoms with Crippen LogP contribution in [0.2, 0.25) is 6.32 Å². The highest BCUT2D eigenvalue weighted by Gasteiger charge is 2.04. The van der Waals surface area contributed by atoms with Crippen molar-refractivity contribution in [1.82, 2.24) is 0 Å². The van der Waals surface area contributed by atoms with Crippen LogP contribution in [0.25, 0.3) is 0 Å². The van der Waals surface area contributed by atoms with Crippen molar-refractivity contribution in [3.05, 3.63) is 0 Å². The van der Waals surface area contributed by atoms with Crippen molar-refractivity contribution in [1.29, 1.82) is 0 Å². The van der Waals surface area contributed by atoms with Crippen LogP contribution >= 0.6 is 0 Å². The molecule has 0 aromatic carbocycles. The molecule has 0 aliphatic rings. The van der Waals surface area contributed by atoms with E-state index in [9.17, 15) is 0 Å². The summed E-state index contributed by atoms with van der Waals surface area (Å²) in [5.41, 5.74) is 0. The Morgan fingerprint density at radius 3 is 2.11 bits per heavy atom. The predicted octanol–water partition coefficient (Wildman–Crippen LogP) is 2.65. The third-order valence-electron chi connectivity index (χ3n) is 2.00. The van der Waals surface area contributed by atoms with Crippen molar-refractivity contribution >= 4 is 7.85 Å². The van der Waals surface area contributed by atoms with Gasteiger partial charge in [0.1, 0.15) is 0 Å². The largest absolute Gasteiger partial charge is 0.0887 e. The van der Waals surface area contributed by atoms with E-state index >= 15 is 0 Å². The molecular formula is C8H17B. The van der Waals surface area contributed by atoms with Crippen molar-refractivity contribution in [2.24, 2.45) is 11.8 Å². The van der Waals surface area contributed by atoms with Crippen LogP contribution in [0.15, 0.2) is 0 Å². The molecule has 0 fully saturated rings. The van der Waals surface area contributed by atoms with Crippen molar-refractivity contribution < 1.29 is 0 Å². The predicted molar refractivity (Wildman–Crippen MR) is 43.8 cm³/mol. The topological polar surface area (TPSA) is 0 Å². The first-order valence-electron chi connectivity index (χ1n) is 3.88. The van der Waals surface area contributed by atoms with Crippen LogP contribution in [-0.2, 0) is 0 Å². The summed E-state index contributed by atoms with van der Waals surface area (Å²) in [7, 11) is 5.38. The second-order valence-corrected chi connectivity index (χ2v) is 3.15. The van der Waals surface area contributed by atoms with E-state index in [2.05, 4.69) is 20.8 Å². The highest BCUT2D eigenvalue weighted by Crippen LogP contribution is 2.16. The summed E-state index contributed by atoms with van der Waals surface area (Å²) in [5, 5.41) is 0. The molecule has 0 saturated carbocycles. The minimum atomic E-state index is 0.816. The Balaban J connectivity index is 3.16. The fourth-order valence-corrected chi connectivity index (χ4v) is 0.773. The highest BCUT2D eigenvalue weighted by atomic mass is 14.1. The minimum Gasteiger partial charge on any atom is -0.0887 e. The Morgan fingerprint density at radius 1 is 1.22 bits per heavy atom. The smallest absolute Gasteiger partial charge is 0.0653 e. The van der Waals surface area contributed by atoms with Gasteiger partial charge in [0, 0.05) is 0 Å². The minimum absolute atomic E-state index is 0.816. The molecule has 1 atom stereocenters. The Labute approximate surface area is 60.4 Å². The maximum Gasteiger partial charge on any atom is 0.0653 e. The van der Waals surface area contributed by atoms with Gasteiger partial charge in [-0.15, -0.1) is 0 Å². The van der Waals surface area contributed by atoms with Gasteiger partial charge in [-0.1, -0.05) is 39.9 Å². The molecule has 0 aromatic rings. The monoisotopic (exact) mass is 124 g/mol. The summed E-state index contributed by atoms with van der Waals surface area (Å²) in [6.45, 7) is 6.82. The lowest BCUT2D eigenvalue weighted by atomic mass is 9.89. The lowest BCUT2D eigenvalue weighted by Gasteiger charge is -2.13. The SMILES string of the molecule is [B]CCCC(C)C(C)C. The molecule has 0 heterocycles. The molecular weight excluding hydrogens is 107 g/mol. The second-order valence-electron chi connectivity index (χ2n) is 3.15. The molecule has 0 rings (SSSR count). The van der Waals surface area contributed by atoms with Gasteiger partial charge in [0.15, 0.2) is 0 Å². The average molecular weight is 124 g/mol. The third kappa shape index (κ3) is 4.56. The first kappa shape index (κ1) is 9.06. The van der Waals surface area contributed by atoms with E-state index in [1.54, 1.807) is 0 Å². The standard InChI is InChI=1S/C8H17B/c1-7(2)8(3)5-4-6-9/h7-8H,4-6H2,1-3H3. The lowest BCUT2D eigenvalue weighted by molar-refractivity contribution is 0.389. The summed E-state index contributed by atoms with van der Waals surface area (Å²) < 4.78 is 0. The lowest BCUT2D eigenvalue weighted by Crippen LogP contribution is -2.02. The van der Waals surface area contributed by atoms with E-state index in [0.717, 1.165) is 18.2 Å². The Morgan fingerprint density at radius 2 is 1.78 bits per heavy atom. The zero-order chi connectivity index (χ0) is 7.28. The Bertz CT molecular complexity index is 59.6. The molecule has 0 N–H and O–H groups in total. The molecule has 0 nitrogen and oxygen atoms in total. The van der Waals surface area contributed by atoms with Crippen molar-refractivity contribution in [3.8, 4) is 0 Å². The quantitative estimate of drug-likeness (QED) is 0.505. The summed E-state index contributed by atoms with van der Waals surface area (Å²) in [6.07, 6.45) is 3.31. The number of hydrogen-bond acceptors (Lipinski definition) is 0. The van der Waals surface area contributed by atoms with E-state index in [1.807, 2.05) is 0 Å². The molecule has 0 aliphatic heterocycles. The molecule has 0 aliphatic carbocycles. The zero-order valence-corrected chi connectivity index (χ0v) is 6.85. The zero-order valence-electron chi connectivity index (χ0n) is 6.85. The van der Waals surface area contributed by atoms with E-state index < -0.39 is 0 Å². The Kier molecular flexibility index (Phi) is 4.93. The van der Waals surface area contributed by atoms with Crippen LogP contribution in [0, 0.1) is 11.8 Å². The van der Waals surface area contributed by atoms with Crippen molar-refractivity contribution in [2.75, 3.05) is 0 Å². The average Bonchev–Trinajstić information content (AvgIpc) is 1.82. The van der Waals surface area contributed by atoms with Crippen molar-refractivity contribution in [2.45, 2.75) is 39.9 Å². The third-order valence-corrected chi connectivity index (χ3v) is 2.00. The maximum atomic E-state index is 5.38. The van der Waals surface area contributed by atoms with Gasteiger partial charge in [-0.3, -0.25) is 0 Å². The molecule has 1 heteroatoms. The molecule has 2 radical (unpaired) electrons. The molecule has 0 saturated heterocycles. The van der Waals surface area contributed by atoms with E-state index in [-0.39, 0.29) is 0 Å². The maximum absolute atomic E-state index is 5.38. The summed E-state index contributed by atoms with van der Waals surface area (Å²) >= 11 is 0. The van der Waals surface area contributed by atoms with Gasteiger partial charge in [-0.25, -0.2) is 0 Å². The summed E-state index contributed by atoms with van der Waals surface area (Å²) in [5.74, 6) is 1.66. The number of rotatable bonds is 4. The van der Waals surface area contributed by atoms with Gasteiger partial charge in [-0.2, -0.15) is 0 Å². The molecule has 9 heavy (non-hydrogen) atoms. The van der Waals surface area contributed by atoms with Crippen LogP contribution in [-0.4, -0.2) is 7.85 Å². The van der Waals surface area contributed by atoms with Gasteiger partial charge in [0.25, 0.3) is 0 Å². The fourth-order valence-electron chi connectivity index (χ4n) is 0.773.